The summed E-state index contributed by atoms with van der Waals surface area (Å²) in [5.74, 6) is 1.16. The van der Waals surface area contributed by atoms with Crippen LogP contribution in [0.25, 0.3) is 10.9 Å². The Balaban J connectivity index is 1.55. The van der Waals surface area contributed by atoms with Gasteiger partial charge in [-0.05, 0) is 54.3 Å². The number of amides is 1. The summed E-state index contributed by atoms with van der Waals surface area (Å²) in [5, 5.41) is 11.6. The Morgan fingerprint density at radius 1 is 1.29 bits per heavy atom. The average molecular weight is 497 g/mol. The van der Waals surface area contributed by atoms with Gasteiger partial charge in [0.05, 0.1) is 12.1 Å². The van der Waals surface area contributed by atoms with Gasteiger partial charge in [0.1, 0.15) is 18.1 Å². The number of nitrogens with one attached hydrogen (secondary N) is 2. The van der Waals surface area contributed by atoms with Crippen LogP contribution in [0.3, 0.4) is 0 Å². The van der Waals surface area contributed by atoms with E-state index in [-0.39, 0.29) is 23.7 Å². The van der Waals surface area contributed by atoms with E-state index in [2.05, 4.69) is 23.6 Å². The summed E-state index contributed by atoms with van der Waals surface area (Å²) in [5.41, 5.74) is 10.4. The third kappa shape index (κ3) is 5.94. The van der Waals surface area contributed by atoms with E-state index in [9.17, 15) is 9.90 Å². The number of H-pyrrole nitrogens is 1. The van der Waals surface area contributed by atoms with Crippen LogP contribution in [0.4, 0.5) is 0 Å². The SMILES string of the molecule is CCCC(=O)N1CCc2c([nH]c3ccc(O)cc23)C1c1ccc(OCC(N)CNSC(C)C)cc1. The molecule has 1 amide bonds. The number of hydrogen-bond acceptors (Lipinski definition) is 6. The lowest BCUT2D eigenvalue weighted by Gasteiger charge is -2.36. The fraction of sp³-hybridized carbons (Fsp3) is 0.444. The second-order valence-corrected chi connectivity index (χ2v) is 10.9. The number of carbonyl (C=O) groups excluding carboxylic acids is 1. The molecule has 1 aliphatic rings. The molecule has 7 nitrogen and oxygen atoms in total. The number of benzene rings is 2. The zero-order chi connectivity index (χ0) is 24.9. The van der Waals surface area contributed by atoms with Gasteiger partial charge >= 0.3 is 0 Å². The van der Waals surface area contributed by atoms with Crippen LogP contribution in [0.5, 0.6) is 11.5 Å². The lowest BCUT2D eigenvalue weighted by atomic mass is 9.92. The van der Waals surface area contributed by atoms with Gasteiger partial charge in [0.15, 0.2) is 0 Å². The molecule has 4 rings (SSSR count). The standard InChI is InChI=1S/C27H36N4O3S/c1-4-5-25(33)31-13-12-22-23-14-20(32)8-11-24(23)30-26(22)27(31)18-6-9-21(10-7-18)34-16-19(28)15-29-35-17(2)3/h6-11,14,17,19,27,29-30,32H,4-5,12-13,15-16,28H2,1-3H3. The van der Waals surface area contributed by atoms with E-state index < -0.39 is 0 Å². The number of aromatic nitrogens is 1. The number of aromatic amines is 1. The van der Waals surface area contributed by atoms with Crippen molar-refractivity contribution in [3.63, 3.8) is 0 Å². The van der Waals surface area contributed by atoms with Crippen LogP contribution in [0.1, 0.15) is 56.5 Å². The summed E-state index contributed by atoms with van der Waals surface area (Å²) in [6.45, 7) is 8.04. The number of nitrogens with zero attached hydrogens (tertiary/aromatic N) is 1. The van der Waals surface area contributed by atoms with Gasteiger partial charge in [-0.3, -0.25) is 9.52 Å². The molecular formula is C27H36N4O3S. The summed E-state index contributed by atoms with van der Waals surface area (Å²) in [6, 6.07) is 13.0. The quantitative estimate of drug-likeness (QED) is 0.308. The van der Waals surface area contributed by atoms with Gasteiger partial charge in [-0.2, -0.15) is 0 Å². The van der Waals surface area contributed by atoms with Crippen molar-refractivity contribution in [2.75, 3.05) is 19.7 Å². The molecule has 35 heavy (non-hydrogen) atoms. The summed E-state index contributed by atoms with van der Waals surface area (Å²) >= 11 is 1.67. The highest BCUT2D eigenvalue weighted by Crippen LogP contribution is 2.40. The molecule has 2 unspecified atom stereocenters. The minimum absolute atomic E-state index is 0.105. The normalized spacial score (nSPS) is 16.5. The average Bonchev–Trinajstić information content (AvgIpc) is 3.20. The molecule has 0 saturated carbocycles. The highest BCUT2D eigenvalue weighted by molar-refractivity contribution is 7.97. The Morgan fingerprint density at radius 3 is 2.77 bits per heavy atom. The fourth-order valence-electron chi connectivity index (χ4n) is 4.58. The molecule has 1 aromatic heterocycles. The predicted molar refractivity (Wildman–Crippen MR) is 143 cm³/mol. The number of ether oxygens (including phenoxy) is 1. The first kappa shape index (κ1) is 25.4. The first-order valence-corrected chi connectivity index (χ1v) is 13.2. The maximum Gasteiger partial charge on any atom is 0.223 e. The molecule has 5 N–H and O–H groups in total. The van der Waals surface area contributed by atoms with Crippen LogP contribution in [0.15, 0.2) is 42.5 Å². The van der Waals surface area contributed by atoms with Gasteiger partial charge in [0.25, 0.3) is 0 Å². The summed E-state index contributed by atoms with van der Waals surface area (Å²) in [6.07, 6.45) is 2.09. The molecule has 0 fully saturated rings. The van der Waals surface area contributed by atoms with Crippen molar-refractivity contribution in [2.45, 2.75) is 57.4 Å². The van der Waals surface area contributed by atoms with E-state index in [1.54, 1.807) is 24.1 Å². The molecule has 0 spiro atoms. The number of rotatable bonds is 10. The molecule has 0 bridgehead atoms. The van der Waals surface area contributed by atoms with Crippen molar-refractivity contribution in [2.24, 2.45) is 5.73 Å². The smallest absolute Gasteiger partial charge is 0.223 e. The zero-order valence-corrected chi connectivity index (χ0v) is 21.5. The lowest BCUT2D eigenvalue weighted by molar-refractivity contribution is -0.133. The predicted octanol–water partition coefficient (Wildman–Crippen LogP) is 4.50. The van der Waals surface area contributed by atoms with Crippen molar-refractivity contribution in [1.82, 2.24) is 14.6 Å². The molecule has 2 heterocycles. The van der Waals surface area contributed by atoms with E-state index in [0.29, 0.717) is 31.4 Å². The summed E-state index contributed by atoms with van der Waals surface area (Å²) < 4.78 is 9.20. The van der Waals surface area contributed by atoms with Crippen LogP contribution in [0.2, 0.25) is 0 Å². The van der Waals surface area contributed by atoms with Crippen molar-refractivity contribution < 1.29 is 14.6 Å². The number of nitrogens with two attached hydrogens (primary N) is 1. The van der Waals surface area contributed by atoms with Gasteiger partial charge in [-0.15, -0.1) is 0 Å². The van der Waals surface area contributed by atoms with E-state index in [1.807, 2.05) is 42.2 Å². The molecule has 0 saturated heterocycles. The van der Waals surface area contributed by atoms with E-state index in [4.69, 9.17) is 10.5 Å². The summed E-state index contributed by atoms with van der Waals surface area (Å²) in [7, 11) is 0. The monoisotopic (exact) mass is 496 g/mol. The van der Waals surface area contributed by atoms with Crippen LogP contribution in [-0.4, -0.2) is 51.9 Å². The molecule has 0 aliphatic carbocycles. The van der Waals surface area contributed by atoms with Crippen LogP contribution in [-0.2, 0) is 11.2 Å². The van der Waals surface area contributed by atoms with Gasteiger partial charge in [0, 0.05) is 41.4 Å². The zero-order valence-electron chi connectivity index (χ0n) is 20.7. The van der Waals surface area contributed by atoms with Crippen LogP contribution >= 0.6 is 11.9 Å². The lowest BCUT2D eigenvalue weighted by Crippen LogP contribution is -2.40. The molecule has 3 aromatic rings. The minimum atomic E-state index is -0.207. The maximum atomic E-state index is 13.1. The first-order valence-electron chi connectivity index (χ1n) is 12.4. The third-order valence-electron chi connectivity index (χ3n) is 6.22. The topological polar surface area (TPSA) is 104 Å². The molecule has 2 aromatic carbocycles. The molecule has 0 radical (unpaired) electrons. The number of fused-ring (bicyclic) bond motifs is 3. The number of hydrogen-bond donors (Lipinski definition) is 4. The van der Waals surface area contributed by atoms with Crippen molar-refractivity contribution in [3.05, 3.63) is 59.3 Å². The molecule has 188 valence electrons. The van der Waals surface area contributed by atoms with Crippen molar-refractivity contribution in [1.29, 1.82) is 0 Å². The second-order valence-electron chi connectivity index (χ2n) is 9.39. The Hall–Kier alpha value is -2.68. The highest BCUT2D eigenvalue weighted by Gasteiger charge is 2.34. The van der Waals surface area contributed by atoms with E-state index in [0.717, 1.165) is 40.8 Å². The summed E-state index contributed by atoms with van der Waals surface area (Å²) in [4.78, 5) is 18.6. The first-order chi connectivity index (χ1) is 16.9. The largest absolute Gasteiger partial charge is 0.508 e. The number of carbonyl (C=O) groups is 1. The maximum absolute atomic E-state index is 13.1. The van der Waals surface area contributed by atoms with E-state index >= 15 is 0 Å². The fourth-order valence-corrected chi connectivity index (χ4v) is 5.22. The molecule has 1 aliphatic heterocycles. The van der Waals surface area contributed by atoms with Gasteiger partial charge in [-0.25, -0.2) is 0 Å². The number of phenols is 1. The Morgan fingerprint density at radius 2 is 2.06 bits per heavy atom. The molecule has 2 atom stereocenters. The Bertz CT molecular complexity index is 1150. The highest BCUT2D eigenvalue weighted by atomic mass is 32.2. The van der Waals surface area contributed by atoms with Crippen molar-refractivity contribution in [3.8, 4) is 11.5 Å². The van der Waals surface area contributed by atoms with Crippen LogP contribution in [0, 0.1) is 0 Å². The number of aromatic hydroxyl groups is 1. The molecular weight excluding hydrogens is 460 g/mol. The van der Waals surface area contributed by atoms with Crippen molar-refractivity contribution >= 4 is 28.8 Å². The molecule has 8 heteroatoms. The third-order valence-corrected chi connectivity index (χ3v) is 7.02. The Kier molecular flexibility index (Phi) is 8.26. The van der Waals surface area contributed by atoms with E-state index in [1.165, 1.54) is 5.56 Å². The second kappa shape index (κ2) is 11.4. The van der Waals surface area contributed by atoms with Crippen LogP contribution < -0.4 is 15.2 Å². The van der Waals surface area contributed by atoms with Gasteiger partial charge in [0.2, 0.25) is 5.91 Å². The van der Waals surface area contributed by atoms with Gasteiger partial charge in [-0.1, -0.05) is 44.9 Å². The van der Waals surface area contributed by atoms with Gasteiger partial charge < -0.3 is 25.5 Å². The minimum Gasteiger partial charge on any atom is -0.508 e. The number of phenolic OH excluding ortho intramolecular Hbond substituents is 1. The Labute approximate surface area is 211 Å².